The molecule has 2 aliphatic rings. The van der Waals surface area contributed by atoms with E-state index >= 15 is 0 Å². The number of aryl methyl sites for hydroxylation is 4. The summed E-state index contributed by atoms with van der Waals surface area (Å²) >= 11 is 6.95. The molecule has 282 valence electrons. The normalized spacial score (nSPS) is 13.7. The number of benzene rings is 3. The van der Waals surface area contributed by atoms with Crippen molar-refractivity contribution in [1.29, 1.82) is 0 Å². The summed E-state index contributed by atoms with van der Waals surface area (Å²) in [5.41, 5.74) is 16.6. The quantitative estimate of drug-likeness (QED) is 0.196. The van der Waals surface area contributed by atoms with Crippen LogP contribution < -0.4 is 4.98 Å². The van der Waals surface area contributed by atoms with Gasteiger partial charge in [0.2, 0.25) is 0 Å². The second-order valence-electron chi connectivity index (χ2n) is 16.3. The van der Waals surface area contributed by atoms with Crippen molar-refractivity contribution in [3.63, 3.8) is 0 Å². The van der Waals surface area contributed by atoms with E-state index in [0.29, 0.717) is 17.6 Å². The number of rotatable bonds is 6. The van der Waals surface area contributed by atoms with E-state index in [1.807, 2.05) is 26.0 Å². The average molecular weight is 914 g/mol. The minimum absolute atomic E-state index is 0.288. The van der Waals surface area contributed by atoms with Crippen LogP contribution in [0.25, 0.3) is 0 Å². The Labute approximate surface area is 340 Å². The van der Waals surface area contributed by atoms with Crippen LogP contribution in [0.15, 0.2) is 54.9 Å². The fourth-order valence-electron chi connectivity index (χ4n) is 7.31. The molecule has 0 saturated heterocycles. The number of aromatic hydroxyl groups is 1. The first-order chi connectivity index (χ1) is 24.6. The van der Waals surface area contributed by atoms with Crippen LogP contribution >= 0.6 is 31.9 Å². The summed E-state index contributed by atoms with van der Waals surface area (Å²) in [6.07, 6.45) is 11.7. The summed E-state index contributed by atoms with van der Waals surface area (Å²) in [6.45, 7) is 22.0. The van der Waals surface area contributed by atoms with Gasteiger partial charge in [-0.2, -0.15) is 11.4 Å². The molecule has 3 nitrogen and oxygen atoms in total. The summed E-state index contributed by atoms with van der Waals surface area (Å²) < 4.78 is 9.53. The monoisotopic (exact) mass is 913 g/mol. The molecule has 0 bridgehead atoms. The predicted molar refractivity (Wildman–Crippen MR) is 227 cm³/mol. The van der Waals surface area contributed by atoms with Crippen LogP contribution in [0.5, 0.6) is 5.75 Å². The van der Waals surface area contributed by atoms with Crippen molar-refractivity contribution < 1.29 is 23.0 Å². The summed E-state index contributed by atoms with van der Waals surface area (Å²) in [5.74, 6) is 1.55. The number of fused-ring (bicyclic) bond motifs is 2. The molecule has 0 fully saturated rings. The molecule has 6 rings (SSSR count). The van der Waals surface area contributed by atoms with Gasteiger partial charge in [-0.25, -0.2) is 0 Å². The van der Waals surface area contributed by atoms with Gasteiger partial charge in [-0.3, -0.25) is 0 Å². The molecule has 1 aromatic heterocycles. The molecule has 0 unspecified atom stereocenters. The third-order valence-corrected chi connectivity index (χ3v) is 14.2. The van der Waals surface area contributed by atoms with Crippen LogP contribution in [0.1, 0.15) is 147 Å². The Bertz CT molecular complexity index is 1780. The van der Waals surface area contributed by atoms with Crippen LogP contribution in [0.2, 0.25) is 0 Å². The Kier molecular flexibility index (Phi) is 16.1. The van der Waals surface area contributed by atoms with Gasteiger partial charge >= 0.3 is 127 Å². The molecule has 2 aliphatic carbocycles. The second kappa shape index (κ2) is 19.6. The standard InChI is InChI=1S/C23H26Br2O.C12H17N.C6H8N.C5H10.Mo/c1-14-17(18-8-4-2-6-15(18)12-21(14)24)10-11-20-19-9-5-3-7-16(19)13-22(25)23(20)26;1-8(2)10-6-5-7-11(9(3)4)12(10)13;1-5-3-4-6(2)7-5;1-5(2,3)4;/h12-13,26H,2-11H2,1H3;5-9H,1-4H3;3-4H,1-2H3;1H,2-4H3;/q;;-1;;. The third kappa shape index (κ3) is 11.8. The first-order valence-corrected chi connectivity index (χ1v) is 22.9. The van der Waals surface area contributed by atoms with Crippen molar-refractivity contribution in [2.75, 3.05) is 0 Å². The minimum Gasteiger partial charge on any atom is -0.665 e. The van der Waals surface area contributed by atoms with E-state index in [4.69, 9.17) is 3.50 Å². The molecular weight excluding hydrogens is 852 g/mol. The molecule has 0 atom stereocenters. The number of aromatic nitrogens is 1. The Morgan fingerprint density at radius 1 is 0.750 bits per heavy atom. The van der Waals surface area contributed by atoms with Gasteiger partial charge in [0, 0.05) is 4.47 Å². The minimum atomic E-state index is -0.415. The Morgan fingerprint density at radius 3 is 1.71 bits per heavy atom. The molecule has 6 heteroatoms. The first kappa shape index (κ1) is 42.8. The maximum atomic E-state index is 10.7. The van der Waals surface area contributed by atoms with Crippen molar-refractivity contribution in [1.82, 2.24) is 4.98 Å². The van der Waals surface area contributed by atoms with E-state index in [1.54, 1.807) is 5.56 Å². The van der Waals surface area contributed by atoms with Crippen LogP contribution in [0, 0.1) is 26.2 Å². The molecule has 0 amide bonds. The molecule has 0 saturated carbocycles. The van der Waals surface area contributed by atoms with Gasteiger partial charge in [-0.05, 0) is 138 Å². The number of hydrogen-bond acceptors (Lipinski definition) is 2. The van der Waals surface area contributed by atoms with Gasteiger partial charge in [0.1, 0.15) is 5.75 Å². The van der Waals surface area contributed by atoms with Crippen molar-refractivity contribution >= 4 is 41.9 Å². The van der Waals surface area contributed by atoms with E-state index < -0.39 is 17.9 Å². The topological polar surface area (TPSA) is 46.7 Å². The molecule has 4 aromatic rings. The van der Waals surface area contributed by atoms with E-state index in [9.17, 15) is 5.11 Å². The molecule has 0 aliphatic heterocycles. The molecular formula is C46H61Br2MoN2O-. The number of halogens is 2. The number of nitrogens with zero attached hydrogens (tertiary/aromatic N) is 2. The van der Waals surface area contributed by atoms with Crippen molar-refractivity contribution in [3.05, 3.63) is 113 Å². The molecule has 52 heavy (non-hydrogen) atoms. The Balaban J connectivity index is 0.000000203. The van der Waals surface area contributed by atoms with E-state index in [1.165, 1.54) is 93.2 Å². The summed E-state index contributed by atoms with van der Waals surface area (Å²) in [4.78, 5) is 4.11. The van der Waals surface area contributed by atoms with E-state index in [0.717, 1.165) is 41.5 Å². The van der Waals surface area contributed by atoms with Crippen LogP contribution in [-0.2, 0) is 56.4 Å². The van der Waals surface area contributed by atoms with Crippen LogP contribution in [0.3, 0.4) is 0 Å². The maximum absolute atomic E-state index is 10.7. The Morgan fingerprint density at radius 2 is 1.23 bits per heavy atom. The zero-order valence-corrected chi connectivity index (χ0v) is 38.5. The summed E-state index contributed by atoms with van der Waals surface area (Å²) in [6, 6.07) is 15.1. The van der Waals surface area contributed by atoms with Gasteiger partial charge in [0.25, 0.3) is 0 Å². The zero-order chi connectivity index (χ0) is 38.2. The van der Waals surface area contributed by atoms with Crippen molar-refractivity contribution in [2.45, 2.75) is 145 Å². The van der Waals surface area contributed by atoms with Crippen molar-refractivity contribution in [3.8, 4) is 5.75 Å². The second-order valence-corrected chi connectivity index (χ2v) is 19.6. The van der Waals surface area contributed by atoms with Gasteiger partial charge < -0.3 is 10.1 Å². The number of phenolic OH excluding ortho intramolecular Hbond substituents is 1. The molecule has 0 spiro atoms. The number of hydrogen-bond donors (Lipinski definition) is 1. The molecule has 1 N–H and O–H groups in total. The molecule has 1 heterocycles. The van der Waals surface area contributed by atoms with E-state index in [2.05, 4.69) is 127 Å². The summed E-state index contributed by atoms with van der Waals surface area (Å²) in [5, 5.41) is 10.7. The molecule has 3 aromatic carbocycles. The SMILES string of the molecule is CC(C)c1cccc(C(C)C)c1[N]=[Mo]=[CH]C(C)(C)C.Cc1c(Br)cc2c(c1CCc1c(O)c(Br)cc3c1CCCC3)CCCC2.Cc1ccc(C)[n-]1. The van der Waals surface area contributed by atoms with Crippen LogP contribution in [-0.4, -0.2) is 9.51 Å². The predicted octanol–water partition coefficient (Wildman–Crippen LogP) is 13.7. The Hall–Kier alpha value is -1.94. The smallest absolute Gasteiger partial charge is 0.133 e. The van der Waals surface area contributed by atoms with Crippen molar-refractivity contribution in [2.24, 2.45) is 8.91 Å². The van der Waals surface area contributed by atoms with Gasteiger partial charge in [0.05, 0.1) is 4.47 Å². The average Bonchev–Trinajstić information content (AvgIpc) is 3.48. The summed E-state index contributed by atoms with van der Waals surface area (Å²) in [7, 11) is 0. The number of phenols is 1. The van der Waals surface area contributed by atoms with E-state index in [-0.39, 0.29) is 5.41 Å². The van der Waals surface area contributed by atoms with Gasteiger partial charge in [-0.15, -0.1) is 0 Å². The molecule has 0 radical (unpaired) electrons. The largest absolute Gasteiger partial charge is 0.665 e. The zero-order valence-electron chi connectivity index (χ0n) is 33.4. The van der Waals surface area contributed by atoms with Gasteiger partial charge in [-0.1, -0.05) is 41.9 Å². The van der Waals surface area contributed by atoms with Gasteiger partial charge in [0.15, 0.2) is 0 Å². The third-order valence-electron chi connectivity index (χ3n) is 10.1. The fraction of sp³-hybridized carbons (Fsp3) is 0.500. The first-order valence-electron chi connectivity index (χ1n) is 19.3. The fourth-order valence-corrected chi connectivity index (χ4v) is 10.0. The van der Waals surface area contributed by atoms with Crippen LogP contribution in [0.4, 0.5) is 5.69 Å². The maximum Gasteiger partial charge on any atom is 0.133 e.